The van der Waals surface area contributed by atoms with Crippen LogP contribution in [0.25, 0.3) is 0 Å². The van der Waals surface area contributed by atoms with Crippen LogP contribution >= 0.6 is 23.2 Å². The predicted molar refractivity (Wildman–Crippen MR) is 98.9 cm³/mol. The van der Waals surface area contributed by atoms with Crippen LogP contribution in [0.4, 0.5) is 0 Å². The van der Waals surface area contributed by atoms with Gasteiger partial charge in [-0.15, -0.1) is 0 Å². The number of benzene rings is 1. The zero-order valence-electron chi connectivity index (χ0n) is 14.3. The van der Waals surface area contributed by atoms with E-state index in [9.17, 15) is 9.59 Å². The Labute approximate surface area is 158 Å². The van der Waals surface area contributed by atoms with Gasteiger partial charge in [0.2, 0.25) is 5.91 Å². The Bertz CT molecular complexity index is 677. The molecule has 0 aromatic heterocycles. The predicted octanol–water partition coefficient (Wildman–Crippen LogP) is 2.80. The van der Waals surface area contributed by atoms with Crippen LogP contribution in [0, 0.1) is 5.41 Å². The molecule has 2 unspecified atom stereocenters. The molecule has 0 aliphatic carbocycles. The van der Waals surface area contributed by atoms with Gasteiger partial charge in [0.05, 0.1) is 0 Å². The molecule has 2 heterocycles. The monoisotopic (exact) mass is 383 g/mol. The molecule has 2 aliphatic heterocycles. The first kappa shape index (κ1) is 18.5. The molecule has 0 spiro atoms. The first-order chi connectivity index (χ1) is 11.8. The molecule has 2 atom stereocenters. The highest BCUT2D eigenvalue weighted by atomic mass is 35.5. The van der Waals surface area contributed by atoms with E-state index >= 15 is 0 Å². The van der Waals surface area contributed by atoms with Crippen molar-refractivity contribution in [2.75, 3.05) is 26.2 Å². The van der Waals surface area contributed by atoms with Gasteiger partial charge < -0.3 is 15.5 Å². The Morgan fingerprint density at radius 1 is 1.24 bits per heavy atom. The summed E-state index contributed by atoms with van der Waals surface area (Å²) < 4.78 is 0. The lowest BCUT2D eigenvalue weighted by molar-refractivity contribution is -0.134. The fourth-order valence-electron chi connectivity index (χ4n) is 3.70. The van der Waals surface area contributed by atoms with Crippen LogP contribution in [-0.4, -0.2) is 53.8 Å². The van der Waals surface area contributed by atoms with Gasteiger partial charge in [-0.3, -0.25) is 9.59 Å². The van der Waals surface area contributed by atoms with Gasteiger partial charge >= 0.3 is 0 Å². The van der Waals surface area contributed by atoms with E-state index in [-0.39, 0.29) is 17.2 Å². The van der Waals surface area contributed by atoms with Crippen molar-refractivity contribution in [1.82, 2.24) is 9.80 Å². The number of rotatable bonds is 3. The number of hydrogen-bond acceptors (Lipinski definition) is 3. The molecule has 2 fully saturated rings. The van der Waals surface area contributed by atoms with Crippen molar-refractivity contribution >= 4 is 35.0 Å². The van der Waals surface area contributed by atoms with E-state index < -0.39 is 6.04 Å². The molecule has 2 saturated heterocycles. The van der Waals surface area contributed by atoms with Crippen molar-refractivity contribution in [3.63, 3.8) is 0 Å². The van der Waals surface area contributed by atoms with E-state index in [1.54, 1.807) is 23.1 Å². The standard InChI is InChI=1S/C18H23Cl2N3O2/c1-18(10-21)4-6-22(11-18)17(25)15-3-2-5-23(15)16(24)12-7-13(19)9-14(20)8-12/h7-9,15H,2-6,10-11,21H2,1H3. The average molecular weight is 384 g/mol. The summed E-state index contributed by atoms with van der Waals surface area (Å²) in [5.41, 5.74) is 6.23. The van der Waals surface area contributed by atoms with Gasteiger partial charge in [0.25, 0.3) is 5.91 Å². The van der Waals surface area contributed by atoms with E-state index in [4.69, 9.17) is 28.9 Å². The summed E-state index contributed by atoms with van der Waals surface area (Å²) in [6.45, 7) is 4.59. The van der Waals surface area contributed by atoms with Crippen molar-refractivity contribution in [2.45, 2.75) is 32.2 Å². The summed E-state index contributed by atoms with van der Waals surface area (Å²) >= 11 is 12.0. The van der Waals surface area contributed by atoms with Crippen LogP contribution in [-0.2, 0) is 4.79 Å². The smallest absolute Gasteiger partial charge is 0.254 e. The van der Waals surface area contributed by atoms with Gasteiger partial charge in [0, 0.05) is 35.2 Å². The van der Waals surface area contributed by atoms with Gasteiger partial charge in [-0.2, -0.15) is 0 Å². The molecular formula is C18H23Cl2N3O2. The number of nitrogens with two attached hydrogens (primary N) is 1. The Morgan fingerprint density at radius 3 is 2.52 bits per heavy atom. The number of hydrogen-bond donors (Lipinski definition) is 1. The molecule has 1 aromatic rings. The summed E-state index contributed by atoms with van der Waals surface area (Å²) in [5, 5.41) is 0.826. The lowest BCUT2D eigenvalue weighted by atomic mass is 9.90. The van der Waals surface area contributed by atoms with Gasteiger partial charge in [0.15, 0.2) is 0 Å². The third kappa shape index (κ3) is 3.78. The molecule has 2 amide bonds. The number of likely N-dealkylation sites (tertiary alicyclic amines) is 2. The van der Waals surface area contributed by atoms with E-state index in [1.807, 2.05) is 4.90 Å². The third-order valence-corrected chi connectivity index (χ3v) is 5.71. The van der Waals surface area contributed by atoms with E-state index in [1.165, 1.54) is 0 Å². The second-order valence-electron chi connectivity index (χ2n) is 7.34. The SMILES string of the molecule is CC1(CN)CCN(C(=O)C2CCCN2C(=O)c2cc(Cl)cc(Cl)c2)C1. The summed E-state index contributed by atoms with van der Waals surface area (Å²) in [6, 6.07) is 4.36. The Balaban J connectivity index is 1.76. The second-order valence-corrected chi connectivity index (χ2v) is 8.21. The highest BCUT2D eigenvalue weighted by molar-refractivity contribution is 6.35. The van der Waals surface area contributed by atoms with Crippen LogP contribution < -0.4 is 5.73 Å². The lowest BCUT2D eigenvalue weighted by Crippen LogP contribution is -2.47. The first-order valence-corrected chi connectivity index (χ1v) is 9.34. The molecule has 0 bridgehead atoms. The van der Waals surface area contributed by atoms with Crippen molar-refractivity contribution in [2.24, 2.45) is 11.1 Å². The normalized spacial score (nSPS) is 26.3. The van der Waals surface area contributed by atoms with Crippen molar-refractivity contribution in [3.05, 3.63) is 33.8 Å². The van der Waals surface area contributed by atoms with Crippen LogP contribution in [0.1, 0.15) is 36.5 Å². The highest BCUT2D eigenvalue weighted by Crippen LogP contribution is 2.31. The number of carbonyl (C=O) groups is 2. The van der Waals surface area contributed by atoms with Crippen LogP contribution in [0.15, 0.2) is 18.2 Å². The Kier molecular flexibility index (Phi) is 5.28. The maximum atomic E-state index is 13.0. The zero-order chi connectivity index (χ0) is 18.2. The molecule has 2 N–H and O–H groups in total. The van der Waals surface area contributed by atoms with Crippen LogP contribution in [0.2, 0.25) is 10.0 Å². The maximum Gasteiger partial charge on any atom is 0.254 e. The Hall–Kier alpha value is -1.30. The highest BCUT2D eigenvalue weighted by Gasteiger charge is 2.41. The lowest BCUT2D eigenvalue weighted by Gasteiger charge is -2.29. The number of carbonyl (C=O) groups excluding carboxylic acids is 2. The molecule has 3 rings (SSSR count). The van der Waals surface area contributed by atoms with Gasteiger partial charge in [-0.25, -0.2) is 0 Å². The molecule has 0 radical (unpaired) electrons. The Morgan fingerprint density at radius 2 is 1.92 bits per heavy atom. The quantitative estimate of drug-likeness (QED) is 0.872. The second kappa shape index (κ2) is 7.14. The van der Waals surface area contributed by atoms with Gasteiger partial charge in [-0.1, -0.05) is 30.1 Å². The average Bonchev–Trinajstić information content (AvgIpc) is 3.20. The maximum absolute atomic E-state index is 13.0. The topological polar surface area (TPSA) is 66.6 Å². The largest absolute Gasteiger partial charge is 0.340 e. The van der Waals surface area contributed by atoms with Crippen molar-refractivity contribution in [3.8, 4) is 0 Å². The minimum absolute atomic E-state index is 0.0242. The molecule has 0 saturated carbocycles. The zero-order valence-corrected chi connectivity index (χ0v) is 15.8. The third-order valence-electron chi connectivity index (χ3n) is 5.27. The molecule has 136 valence electrons. The first-order valence-electron chi connectivity index (χ1n) is 8.59. The molecule has 5 nitrogen and oxygen atoms in total. The number of amides is 2. The number of nitrogens with zero attached hydrogens (tertiary/aromatic N) is 2. The molecule has 2 aliphatic rings. The molecule has 25 heavy (non-hydrogen) atoms. The molecule has 7 heteroatoms. The fourth-order valence-corrected chi connectivity index (χ4v) is 4.22. The fraction of sp³-hybridized carbons (Fsp3) is 0.556. The number of halogens is 2. The summed E-state index contributed by atoms with van der Waals surface area (Å²) in [5.74, 6) is -0.169. The molecule has 1 aromatic carbocycles. The van der Waals surface area contributed by atoms with Crippen molar-refractivity contribution in [1.29, 1.82) is 0 Å². The molecular weight excluding hydrogens is 361 g/mol. The minimum Gasteiger partial charge on any atom is -0.340 e. The minimum atomic E-state index is -0.412. The van der Waals surface area contributed by atoms with Crippen LogP contribution in [0.3, 0.4) is 0 Å². The van der Waals surface area contributed by atoms with Gasteiger partial charge in [0.1, 0.15) is 6.04 Å². The summed E-state index contributed by atoms with van der Waals surface area (Å²) in [7, 11) is 0. The van der Waals surface area contributed by atoms with Crippen molar-refractivity contribution < 1.29 is 9.59 Å². The van der Waals surface area contributed by atoms with Gasteiger partial charge in [-0.05, 0) is 49.4 Å². The summed E-state index contributed by atoms with van der Waals surface area (Å²) in [4.78, 5) is 29.4. The summed E-state index contributed by atoms with van der Waals surface area (Å²) in [6.07, 6.45) is 2.41. The van der Waals surface area contributed by atoms with E-state index in [2.05, 4.69) is 6.92 Å². The van der Waals surface area contributed by atoms with E-state index in [0.29, 0.717) is 48.2 Å². The van der Waals surface area contributed by atoms with E-state index in [0.717, 1.165) is 12.8 Å². The van der Waals surface area contributed by atoms with Crippen LogP contribution in [0.5, 0.6) is 0 Å².